The number of nitriles is 1. The van der Waals surface area contributed by atoms with Gasteiger partial charge in [0, 0.05) is 11.3 Å². The summed E-state index contributed by atoms with van der Waals surface area (Å²) in [5.74, 6) is 0.571. The lowest BCUT2D eigenvalue weighted by atomic mass is 10.1. The van der Waals surface area contributed by atoms with Crippen LogP contribution < -0.4 is 0 Å². The second kappa shape index (κ2) is 6.82. The second-order valence-corrected chi connectivity index (χ2v) is 7.04. The van der Waals surface area contributed by atoms with Gasteiger partial charge in [-0.05, 0) is 69.2 Å². The standard InChI is InChI=1S/C23H21N5/c1-14-9-10-19(11-15(14)2)28-17(4)20(16(3)27-28)12-18(13-24)23-25-21-7-5-6-8-22(21)26-23/h5-12H,1-4H3,(H,25,26)/b18-12+. The normalized spacial score (nSPS) is 11.8. The first-order valence-electron chi connectivity index (χ1n) is 9.18. The number of aryl methyl sites for hydroxylation is 3. The monoisotopic (exact) mass is 367 g/mol. The molecule has 0 radical (unpaired) electrons. The molecule has 0 fully saturated rings. The Labute approximate surface area is 164 Å². The number of nitrogens with one attached hydrogen (secondary N) is 1. The molecular formula is C23H21N5. The number of rotatable bonds is 3. The number of benzene rings is 2. The van der Waals surface area contributed by atoms with Crippen molar-refractivity contribution in [1.82, 2.24) is 19.7 Å². The molecule has 2 heterocycles. The number of imidazole rings is 1. The Kier molecular flexibility index (Phi) is 4.32. The summed E-state index contributed by atoms with van der Waals surface area (Å²) in [5.41, 5.74) is 8.55. The molecule has 0 atom stereocenters. The Bertz CT molecular complexity index is 1230. The van der Waals surface area contributed by atoms with Crippen LogP contribution in [0.3, 0.4) is 0 Å². The van der Waals surface area contributed by atoms with Gasteiger partial charge in [-0.3, -0.25) is 0 Å². The predicted molar refractivity (Wildman–Crippen MR) is 112 cm³/mol. The molecule has 0 aliphatic carbocycles. The third kappa shape index (κ3) is 2.99. The van der Waals surface area contributed by atoms with E-state index >= 15 is 0 Å². The lowest BCUT2D eigenvalue weighted by molar-refractivity contribution is 0.832. The first-order valence-corrected chi connectivity index (χ1v) is 9.18. The fourth-order valence-electron chi connectivity index (χ4n) is 3.35. The van der Waals surface area contributed by atoms with E-state index < -0.39 is 0 Å². The summed E-state index contributed by atoms with van der Waals surface area (Å²) in [7, 11) is 0. The van der Waals surface area contributed by atoms with Gasteiger partial charge in [0.2, 0.25) is 0 Å². The molecule has 0 saturated carbocycles. The van der Waals surface area contributed by atoms with Crippen molar-refractivity contribution >= 4 is 22.7 Å². The molecule has 0 unspecified atom stereocenters. The first kappa shape index (κ1) is 17.7. The summed E-state index contributed by atoms with van der Waals surface area (Å²) >= 11 is 0. The van der Waals surface area contributed by atoms with Gasteiger partial charge < -0.3 is 4.98 Å². The highest BCUT2D eigenvalue weighted by Crippen LogP contribution is 2.25. The van der Waals surface area contributed by atoms with Gasteiger partial charge in [-0.25, -0.2) is 9.67 Å². The molecule has 2 aromatic carbocycles. The van der Waals surface area contributed by atoms with Crippen molar-refractivity contribution in [2.24, 2.45) is 0 Å². The van der Waals surface area contributed by atoms with E-state index in [0.717, 1.165) is 33.7 Å². The average Bonchev–Trinajstić information content (AvgIpc) is 3.23. The summed E-state index contributed by atoms with van der Waals surface area (Å²) in [6.45, 7) is 8.18. The molecule has 0 aliphatic heterocycles. The molecular weight excluding hydrogens is 346 g/mol. The molecule has 0 amide bonds. The summed E-state index contributed by atoms with van der Waals surface area (Å²) in [5, 5.41) is 14.4. The van der Waals surface area contributed by atoms with Crippen LogP contribution in [0.4, 0.5) is 0 Å². The number of aromatic nitrogens is 4. The minimum absolute atomic E-state index is 0.488. The van der Waals surface area contributed by atoms with Crippen LogP contribution in [0.2, 0.25) is 0 Å². The van der Waals surface area contributed by atoms with Crippen LogP contribution in [0.1, 0.15) is 33.9 Å². The van der Waals surface area contributed by atoms with Crippen LogP contribution in [0, 0.1) is 39.0 Å². The number of allylic oxidation sites excluding steroid dienone is 1. The zero-order chi connectivity index (χ0) is 19.8. The molecule has 0 bridgehead atoms. The number of aromatic amines is 1. The fraction of sp³-hybridized carbons (Fsp3) is 0.174. The molecule has 138 valence electrons. The van der Waals surface area contributed by atoms with Gasteiger partial charge in [0.1, 0.15) is 11.9 Å². The summed E-state index contributed by atoms with van der Waals surface area (Å²) in [6, 6.07) is 16.3. The lowest BCUT2D eigenvalue weighted by Crippen LogP contribution is -2.00. The van der Waals surface area contributed by atoms with Crippen molar-refractivity contribution in [3.63, 3.8) is 0 Å². The minimum atomic E-state index is 0.488. The van der Waals surface area contributed by atoms with E-state index in [1.807, 2.05) is 48.9 Å². The molecule has 5 nitrogen and oxygen atoms in total. The molecule has 2 aromatic heterocycles. The van der Waals surface area contributed by atoms with Crippen LogP contribution in [0.5, 0.6) is 0 Å². The third-order valence-electron chi connectivity index (χ3n) is 5.14. The van der Waals surface area contributed by atoms with E-state index in [0.29, 0.717) is 11.4 Å². The largest absolute Gasteiger partial charge is 0.337 e. The zero-order valence-corrected chi connectivity index (χ0v) is 16.4. The fourth-order valence-corrected chi connectivity index (χ4v) is 3.35. The van der Waals surface area contributed by atoms with Gasteiger partial charge in [-0.15, -0.1) is 0 Å². The number of hydrogen-bond acceptors (Lipinski definition) is 3. The number of para-hydroxylation sites is 2. The Morgan fingerprint density at radius 2 is 1.86 bits per heavy atom. The predicted octanol–water partition coefficient (Wildman–Crippen LogP) is 5.05. The lowest BCUT2D eigenvalue weighted by Gasteiger charge is -2.07. The van der Waals surface area contributed by atoms with E-state index in [1.54, 1.807) is 0 Å². The molecule has 0 aliphatic rings. The maximum atomic E-state index is 9.73. The van der Waals surface area contributed by atoms with Crippen LogP contribution in [0.15, 0.2) is 42.5 Å². The van der Waals surface area contributed by atoms with Crippen molar-refractivity contribution in [2.45, 2.75) is 27.7 Å². The molecule has 0 saturated heterocycles. The number of hydrogen-bond donors (Lipinski definition) is 1. The van der Waals surface area contributed by atoms with Crippen molar-refractivity contribution in [1.29, 1.82) is 5.26 Å². The van der Waals surface area contributed by atoms with E-state index in [9.17, 15) is 5.26 Å². The van der Waals surface area contributed by atoms with E-state index in [2.05, 4.69) is 48.1 Å². The van der Waals surface area contributed by atoms with Gasteiger partial charge in [-0.2, -0.15) is 10.4 Å². The smallest absolute Gasteiger partial charge is 0.149 e. The van der Waals surface area contributed by atoms with Crippen molar-refractivity contribution in [3.05, 3.63) is 76.4 Å². The SMILES string of the molecule is Cc1ccc(-n2nc(C)c(/C=C(\C#N)c3nc4ccccc4[nH]3)c2C)cc1C. The van der Waals surface area contributed by atoms with Gasteiger partial charge in [0.05, 0.1) is 28.0 Å². The van der Waals surface area contributed by atoms with Crippen molar-refractivity contribution in [3.8, 4) is 11.8 Å². The highest BCUT2D eigenvalue weighted by Gasteiger charge is 2.15. The molecule has 0 spiro atoms. The third-order valence-corrected chi connectivity index (χ3v) is 5.14. The number of fused-ring (bicyclic) bond motifs is 1. The van der Waals surface area contributed by atoms with Gasteiger partial charge >= 0.3 is 0 Å². The Morgan fingerprint density at radius 3 is 2.57 bits per heavy atom. The zero-order valence-electron chi connectivity index (χ0n) is 16.4. The molecule has 28 heavy (non-hydrogen) atoms. The topological polar surface area (TPSA) is 70.3 Å². The summed E-state index contributed by atoms with van der Waals surface area (Å²) < 4.78 is 1.93. The van der Waals surface area contributed by atoms with Gasteiger partial charge in [0.25, 0.3) is 0 Å². The summed E-state index contributed by atoms with van der Waals surface area (Å²) in [6.07, 6.45) is 1.87. The maximum Gasteiger partial charge on any atom is 0.149 e. The van der Waals surface area contributed by atoms with Crippen LogP contribution in [-0.4, -0.2) is 19.7 Å². The van der Waals surface area contributed by atoms with Crippen molar-refractivity contribution in [2.75, 3.05) is 0 Å². The van der Waals surface area contributed by atoms with E-state index in [4.69, 9.17) is 5.10 Å². The number of H-pyrrole nitrogens is 1. The highest BCUT2D eigenvalue weighted by molar-refractivity contribution is 5.91. The molecule has 4 rings (SSSR count). The Hall–Kier alpha value is -3.65. The first-order chi connectivity index (χ1) is 13.5. The average molecular weight is 367 g/mol. The molecule has 5 heteroatoms. The van der Waals surface area contributed by atoms with Crippen LogP contribution in [0.25, 0.3) is 28.4 Å². The molecule has 1 N–H and O–H groups in total. The quantitative estimate of drug-likeness (QED) is 0.515. The van der Waals surface area contributed by atoms with E-state index in [1.165, 1.54) is 11.1 Å². The van der Waals surface area contributed by atoms with Crippen LogP contribution >= 0.6 is 0 Å². The van der Waals surface area contributed by atoms with Gasteiger partial charge in [0.15, 0.2) is 0 Å². The van der Waals surface area contributed by atoms with Crippen LogP contribution in [-0.2, 0) is 0 Å². The molecule has 4 aromatic rings. The maximum absolute atomic E-state index is 9.73. The Balaban J connectivity index is 1.81. The minimum Gasteiger partial charge on any atom is -0.337 e. The summed E-state index contributed by atoms with van der Waals surface area (Å²) in [4.78, 5) is 7.78. The number of nitrogens with zero attached hydrogens (tertiary/aromatic N) is 4. The second-order valence-electron chi connectivity index (χ2n) is 7.04. The van der Waals surface area contributed by atoms with Crippen molar-refractivity contribution < 1.29 is 0 Å². The highest BCUT2D eigenvalue weighted by atomic mass is 15.3. The van der Waals surface area contributed by atoms with E-state index in [-0.39, 0.29) is 0 Å². The van der Waals surface area contributed by atoms with Gasteiger partial charge in [-0.1, -0.05) is 18.2 Å². The Morgan fingerprint density at radius 1 is 1.07 bits per heavy atom.